The molecule has 1 aliphatic rings. The number of carbonyl (C=O) groups is 2. The van der Waals surface area contributed by atoms with Crippen LogP contribution in [0.25, 0.3) is 0 Å². The summed E-state index contributed by atoms with van der Waals surface area (Å²) in [6.45, 7) is 3.56. The third-order valence-corrected chi connectivity index (χ3v) is 2.63. The van der Waals surface area contributed by atoms with E-state index < -0.39 is 0 Å². The Morgan fingerprint density at radius 3 is 2.44 bits per heavy atom. The van der Waals surface area contributed by atoms with Gasteiger partial charge in [0.1, 0.15) is 0 Å². The van der Waals surface area contributed by atoms with E-state index in [9.17, 15) is 9.59 Å². The minimum absolute atomic E-state index is 0.0232. The number of hydrogen-bond donors (Lipinski definition) is 3. The molecule has 0 saturated heterocycles. The number of amides is 2. The van der Waals surface area contributed by atoms with Gasteiger partial charge >= 0.3 is 0 Å². The zero-order chi connectivity index (χ0) is 12.0. The van der Waals surface area contributed by atoms with Gasteiger partial charge in [0.15, 0.2) is 0 Å². The molecule has 3 N–H and O–H groups in total. The zero-order valence-corrected chi connectivity index (χ0v) is 10.0. The quantitative estimate of drug-likeness (QED) is 0.513. The first-order valence-corrected chi connectivity index (χ1v) is 5.85. The lowest BCUT2D eigenvalue weighted by atomic mass is 10.1. The van der Waals surface area contributed by atoms with Crippen molar-refractivity contribution in [3.05, 3.63) is 0 Å². The summed E-state index contributed by atoms with van der Waals surface area (Å²) in [5.74, 6) is 0.343. The fraction of sp³-hybridized carbons (Fsp3) is 0.818. The summed E-state index contributed by atoms with van der Waals surface area (Å²) in [5, 5.41) is 8.54. The van der Waals surface area contributed by atoms with Gasteiger partial charge in [-0.25, -0.2) is 0 Å². The van der Waals surface area contributed by atoms with E-state index in [2.05, 4.69) is 16.0 Å². The highest BCUT2D eigenvalue weighted by Gasteiger charge is 2.28. The van der Waals surface area contributed by atoms with E-state index in [0.29, 0.717) is 19.6 Å². The molecule has 0 aromatic carbocycles. The maximum absolute atomic E-state index is 11.5. The smallest absolute Gasteiger partial charge is 0.224 e. The van der Waals surface area contributed by atoms with Crippen LogP contribution in [0, 0.1) is 11.8 Å². The first-order chi connectivity index (χ1) is 7.65. The summed E-state index contributed by atoms with van der Waals surface area (Å²) in [4.78, 5) is 22.7. The van der Waals surface area contributed by atoms with Crippen LogP contribution in [0.15, 0.2) is 0 Å². The predicted molar refractivity (Wildman–Crippen MR) is 61.8 cm³/mol. The molecule has 1 unspecified atom stereocenters. The monoisotopic (exact) mass is 227 g/mol. The van der Waals surface area contributed by atoms with Crippen molar-refractivity contribution >= 4 is 11.8 Å². The second-order valence-corrected chi connectivity index (χ2v) is 4.32. The highest BCUT2D eigenvalue weighted by Crippen LogP contribution is 2.28. The number of hydrogen-bond acceptors (Lipinski definition) is 3. The molecule has 92 valence electrons. The minimum Gasteiger partial charge on any atom is -0.354 e. The summed E-state index contributed by atoms with van der Waals surface area (Å²) >= 11 is 0. The molecule has 1 atom stereocenters. The third kappa shape index (κ3) is 4.61. The van der Waals surface area contributed by atoms with E-state index in [4.69, 9.17) is 0 Å². The van der Waals surface area contributed by atoms with Gasteiger partial charge in [-0.2, -0.15) is 0 Å². The molecule has 0 radical (unpaired) electrons. The van der Waals surface area contributed by atoms with Crippen molar-refractivity contribution in [2.45, 2.75) is 19.8 Å². The molecule has 16 heavy (non-hydrogen) atoms. The van der Waals surface area contributed by atoms with Crippen LogP contribution < -0.4 is 16.0 Å². The SMILES string of the molecule is CNCC(C)C(=O)NCCNC(=O)C1CC1. The first-order valence-electron chi connectivity index (χ1n) is 5.85. The van der Waals surface area contributed by atoms with Crippen LogP contribution in [0.3, 0.4) is 0 Å². The van der Waals surface area contributed by atoms with Crippen molar-refractivity contribution in [1.29, 1.82) is 0 Å². The molecule has 1 fully saturated rings. The normalized spacial score (nSPS) is 16.6. The Hall–Kier alpha value is -1.10. The topological polar surface area (TPSA) is 70.2 Å². The Balaban J connectivity index is 2.01. The average molecular weight is 227 g/mol. The van der Waals surface area contributed by atoms with E-state index in [1.54, 1.807) is 0 Å². The van der Waals surface area contributed by atoms with E-state index in [-0.39, 0.29) is 23.7 Å². The van der Waals surface area contributed by atoms with Crippen LogP contribution >= 0.6 is 0 Å². The van der Waals surface area contributed by atoms with Gasteiger partial charge in [-0.3, -0.25) is 9.59 Å². The van der Waals surface area contributed by atoms with Crippen LogP contribution in [-0.4, -0.2) is 38.5 Å². The van der Waals surface area contributed by atoms with Crippen molar-refractivity contribution < 1.29 is 9.59 Å². The Labute approximate surface area is 96.4 Å². The summed E-state index contributed by atoms with van der Waals surface area (Å²) in [6, 6.07) is 0. The molecule has 5 nitrogen and oxygen atoms in total. The largest absolute Gasteiger partial charge is 0.354 e. The molecular formula is C11H21N3O2. The number of nitrogens with one attached hydrogen (secondary N) is 3. The van der Waals surface area contributed by atoms with Gasteiger partial charge in [-0.15, -0.1) is 0 Å². The summed E-state index contributed by atoms with van der Waals surface area (Å²) in [5.41, 5.74) is 0. The van der Waals surface area contributed by atoms with E-state index in [1.165, 1.54) is 0 Å². The highest BCUT2D eigenvalue weighted by atomic mass is 16.2. The van der Waals surface area contributed by atoms with Gasteiger partial charge in [0.05, 0.1) is 0 Å². The standard InChI is InChI=1S/C11H21N3O2/c1-8(7-12-2)10(15)13-5-6-14-11(16)9-3-4-9/h8-9,12H,3-7H2,1-2H3,(H,13,15)(H,14,16). The van der Waals surface area contributed by atoms with Gasteiger partial charge < -0.3 is 16.0 Å². The van der Waals surface area contributed by atoms with E-state index in [0.717, 1.165) is 12.8 Å². The van der Waals surface area contributed by atoms with Crippen LogP contribution in [0.1, 0.15) is 19.8 Å². The lowest BCUT2D eigenvalue weighted by Crippen LogP contribution is -2.39. The lowest BCUT2D eigenvalue weighted by molar-refractivity contribution is -0.125. The Morgan fingerprint density at radius 1 is 1.25 bits per heavy atom. The van der Waals surface area contributed by atoms with Crippen LogP contribution in [0.4, 0.5) is 0 Å². The van der Waals surface area contributed by atoms with Gasteiger partial charge in [-0.1, -0.05) is 6.92 Å². The van der Waals surface area contributed by atoms with Gasteiger partial charge in [-0.05, 0) is 19.9 Å². The second-order valence-electron chi connectivity index (χ2n) is 4.32. The Kier molecular flexibility index (Phi) is 5.25. The van der Waals surface area contributed by atoms with Crippen molar-refractivity contribution in [2.75, 3.05) is 26.7 Å². The number of carbonyl (C=O) groups excluding carboxylic acids is 2. The van der Waals surface area contributed by atoms with Gasteiger partial charge in [0.2, 0.25) is 11.8 Å². The number of rotatable bonds is 7. The van der Waals surface area contributed by atoms with Crippen molar-refractivity contribution in [3.8, 4) is 0 Å². The summed E-state index contributed by atoms with van der Waals surface area (Å²) in [6.07, 6.45) is 2.02. The highest BCUT2D eigenvalue weighted by molar-refractivity contribution is 5.81. The fourth-order valence-electron chi connectivity index (χ4n) is 1.43. The molecule has 5 heteroatoms. The van der Waals surface area contributed by atoms with Gasteiger partial charge in [0.25, 0.3) is 0 Å². The summed E-state index contributed by atoms with van der Waals surface area (Å²) < 4.78 is 0. The van der Waals surface area contributed by atoms with Crippen molar-refractivity contribution in [1.82, 2.24) is 16.0 Å². The molecule has 2 amide bonds. The Bertz CT molecular complexity index is 252. The molecule has 0 aromatic heterocycles. The van der Waals surface area contributed by atoms with Crippen molar-refractivity contribution in [3.63, 3.8) is 0 Å². The Morgan fingerprint density at radius 2 is 1.88 bits per heavy atom. The first kappa shape index (κ1) is 13.0. The molecule has 0 heterocycles. The lowest BCUT2D eigenvalue weighted by Gasteiger charge is -2.11. The molecule has 1 aliphatic carbocycles. The average Bonchev–Trinajstić information content (AvgIpc) is 3.07. The van der Waals surface area contributed by atoms with Crippen LogP contribution in [0.2, 0.25) is 0 Å². The molecule has 0 aliphatic heterocycles. The van der Waals surface area contributed by atoms with Crippen molar-refractivity contribution in [2.24, 2.45) is 11.8 Å². The van der Waals surface area contributed by atoms with Gasteiger partial charge in [0, 0.05) is 31.5 Å². The van der Waals surface area contributed by atoms with Crippen LogP contribution in [-0.2, 0) is 9.59 Å². The molecule has 1 rings (SSSR count). The molecule has 0 spiro atoms. The maximum Gasteiger partial charge on any atom is 0.224 e. The predicted octanol–water partition coefficient (Wildman–Crippen LogP) is -0.516. The molecule has 0 aromatic rings. The second kappa shape index (κ2) is 6.48. The minimum atomic E-state index is -0.0378. The van der Waals surface area contributed by atoms with E-state index in [1.807, 2.05) is 14.0 Å². The molecule has 0 bridgehead atoms. The van der Waals surface area contributed by atoms with E-state index >= 15 is 0 Å². The maximum atomic E-state index is 11.5. The molecule has 1 saturated carbocycles. The molecular weight excluding hydrogens is 206 g/mol. The van der Waals surface area contributed by atoms with Crippen LogP contribution in [0.5, 0.6) is 0 Å². The fourth-order valence-corrected chi connectivity index (χ4v) is 1.43. The zero-order valence-electron chi connectivity index (χ0n) is 10.0. The third-order valence-electron chi connectivity index (χ3n) is 2.63. The summed E-state index contributed by atoms with van der Waals surface area (Å²) in [7, 11) is 1.82.